The Labute approximate surface area is 142 Å². The molecule has 0 aliphatic rings. The minimum absolute atomic E-state index is 0.124. The summed E-state index contributed by atoms with van der Waals surface area (Å²) in [7, 11) is 0. The van der Waals surface area contributed by atoms with Crippen LogP contribution >= 0.6 is 0 Å². The first-order chi connectivity index (χ1) is 11.7. The lowest BCUT2D eigenvalue weighted by Gasteiger charge is -2.22. The van der Waals surface area contributed by atoms with E-state index in [-0.39, 0.29) is 6.61 Å². The van der Waals surface area contributed by atoms with E-state index in [0.717, 1.165) is 5.56 Å². The molecule has 2 rings (SSSR count). The van der Waals surface area contributed by atoms with Gasteiger partial charge in [-0.15, -0.1) is 6.58 Å². The van der Waals surface area contributed by atoms with E-state index in [2.05, 4.69) is 6.58 Å². The first-order valence-corrected chi connectivity index (χ1v) is 7.87. The van der Waals surface area contributed by atoms with Crippen molar-refractivity contribution in [2.45, 2.75) is 25.2 Å². The van der Waals surface area contributed by atoms with Gasteiger partial charge in [-0.1, -0.05) is 54.6 Å². The Morgan fingerprint density at radius 2 is 1.71 bits per heavy atom. The molecule has 0 spiro atoms. The van der Waals surface area contributed by atoms with Crippen LogP contribution < -0.4 is 0 Å². The summed E-state index contributed by atoms with van der Waals surface area (Å²) < 4.78 is 10.9. The SMILES string of the molecule is C=CC[C@H](OCc1ccccc1)[C@H](O)COC(=O)c1ccccc1. The predicted octanol–water partition coefficient (Wildman–Crippen LogP) is 3.37. The van der Waals surface area contributed by atoms with Gasteiger partial charge < -0.3 is 14.6 Å². The second kappa shape index (κ2) is 9.65. The van der Waals surface area contributed by atoms with Crippen LogP contribution in [-0.2, 0) is 16.1 Å². The predicted molar refractivity (Wildman–Crippen MR) is 92.6 cm³/mol. The first kappa shape index (κ1) is 17.9. The van der Waals surface area contributed by atoms with Crippen LogP contribution in [0.2, 0.25) is 0 Å². The Morgan fingerprint density at radius 3 is 2.33 bits per heavy atom. The van der Waals surface area contributed by atoms with Gasteiger partial charge in [0, 0.05) is 0 Å². The smallest absolute Gasteiger partial charge is 0.338 e. The topological polar surface area (TPSA) is 55.8 Å². The molecule has 0 heterocycles. The van der Waals surface area contributed by atoms with Gasteiger partial charge in [0.2, 0.25) is 0 Å². The largest absolute Gasteiger partial charge is 0.459 e. The average molecular weight is 326 g/mol. The van der Waals surface area contributed by atoms with Crippen LogP contribution in [0.15, 0.2) is 73.3 Å². The van der Waals surface area contributed by atoms with Crippen LogP contribution in [0.25, 0.3) is 0 Å². The molecule has 0 saturated heterocycles. The highest BCUT2D eigenvalue weighted by atomic mass is 16.5. The number of aliphatic hydroxyl groups is 1. The van der Waals surface area contributed by atoms with Gasteiger partial charge in [-0.3, -0.25) is 0 Å². The van der Waals surface area contributed by atoms with Gasteiger partial charge in [-0.2, -0.15) is 0 Å². The number of benzene rings is 2. The zero-order valence-corrected chi connectivity index (χ0v) is 13.5. The lowest BCUT2D eigenvalue weighted by atomic mass is 10.1. The van der Waals surface area contributed by atoms with Crippen molar-refractivity contribution in [2.24, 2.45) is 0 Å². The molecule has 4 heteroatoms. The molecule has 0 fully saturated rings. The number of esters is 1. The summed E-state index contributed by atoms with van der Waals surface area (Å²) in [6, 6.07) is 18.4. The Bertz CT molecular complexity index is 625. The molecule has 0 unspecified atom stereocenters. The minimum atomic E-state index is -0.917. The van der Waals surface area contributed by atoms with Gasteiger partial charge in [0.05, 0.1) is 18.3 Å². The molecular formula is C20H22O4. The summed E-state index contributed by atoms with van der Waals surface area (Å²) >= 11 is 0. The molecule has 126 valence electrons. The summed E-state index contributed by atoms with van der Waals surface area (Å²) in [4.78, 5) is 11.9. The first-order valence-electron chi connectivity index (χ1n) is 7.87. The maximum absolute atomic E-state index is 11.9. The van der Waals surface area contributed by atoms with Crippen molar-refractivity contribution < 1.29 is 19.4 Å². The Hall–Kier alpha value is -2.43. The van der Waals surface area contributed by atoms with Gasteiger partial charge >= 0.3 is 5.97 Å². The van der Waals surface area contributed by atoms with E-state index in [0.29, 0.717) is 18.6 Å². The number of hydrogen-bond donors (Lipinski definition) is 1. The third kappa shape index (κ3) is 5.65. The van der Waals surface area contributed by atoms with E-state index in [4.69, 9.17) is 9.47 Å². The van der Waals surface area contributed by atoms with Crippen LogP contribution in [0.5, 0.6) is 0 Å². The maximum atomic E-state index is 11.9. The van der Waals surface area contributed by atoms with E-state index >= 15 is 0 Å². The van der Waals surface area contributed by atoms with Gasteiger partial charge in [-0.25, -0.2) is 4.79 Å². The molecule has 2 aromatic rings. The highest BCUT2D eigenvalue weighted by Crippen LogP contribution is 2.11. The van der Waals surface area contributed by atoms with Gasteiger partial charge in [0.25, 0.3) is 0 Å². The fourth-order valence-electron chi connectivity index (χ4n) is 2.20. The average Bonchev–Trinajstić information content (AvgIpc) is 2.64. The molecular weight excluding hydrogens is 304 g/mol. The lowest BCUT2D eigenvalue weighted by molar-refractivity contribution is -0.0676. The summed E-state index contributed by atoms with van der Waals surface area (Å²) in [6.45, 7) is 3.94. The molecule has 0 aliphatic carbocycles. The summed E-state index contributed by atoms with van der Waals surface area (Å²) in [5, 5.41) is 10.3. The number of carbonyl (C=O) groups excluding carboxylic acids is 1. The van der Waals surface area contributed by atoms with Crippen LogP contribution in [0.3, 0.4) is 0 Å². The fraction of sp³-hybridized carbons (Fsp3) is 0.250. The van der Waals surface area contributed by atoms with Crippen molar-refractivity contribution in [3.63, 3.8) is 0 Å². The van der Waals surface area contributed by atoms with Crippen molar-refractivity contribution in [1.82, 2.24) is 0 Å². The molecule has 0 bridgehead atoms. The quantitative estimate of drug-likeness (QED) is 0.567. The van der Waals surface area contributed by atoms with Gasteiger partial charge in [0.1, 0.15) is 12.7 Å². The molecule has 2 atom stereocenters. The lowest BCUT2D eigenvalue weighted by Crippen LogP contribution is -2.33. The highest BCUT2D eigenvalue weighted by Gasteiger charge is 2.21. The van der Waals surface area contributed by atoms with E-state index in [1.165, 1.54) is 0 Å². The van der Waals surface area contributed by atoms with E-state index in [1.54, 1.807) is 30.3 Å². The van der Waals surface area contributed by atoms with Crippen LogP contribution in [0, 0.1) is 0 Å². The van der Waals surface area contributed by atoms with Crippen molar-refractivity contribution in [3.05, 3.63) is 84.4 Å². The van der Waals surface area contributed by atoms with E-state index in [9.17, 15) is 9.90 Å². The molecule has 0 radical (unpaired) electrons. The maximum Gasteiger partial charge on any atom is 0.338 e. The second-order valence-electron chi connectivity index (χ2n) is 5.39. The normalized spacial score (nSPS) is 13.0. The van der Waals surface area contributed by atoms with Crippen molar-refractivity contribution in [3.8, 4) is 0 Å². The van der Waals surface area contributed by atoms with Crippen molar-refractivity contribution >= 4 is 5.97 Å². The standard InChI is InChI=1S/C20H22O4/c1-2-9-19(23-14-16-10-5-3-6-11-16)18(21)15-24-20(22)17-12-7-4-8-13-17/h2-8,10-13,18-19,21H,1,9,14-15H2/t18-,19+/m1/s1. The number of rotatable bonds is 9. The zero-order chi connectivity index (χ0) is 17.2. The molecule has 1 N–H and O–H groups in total. The summed E-state index contributed by atoms with van der Waals surface area (Å²) in [5.74, 6) is -0.463. The van der Waals surface area contributed by atoms with Crippen LogP contribution in [-0.4, -0.2) is 29.9 Å². The van der Waals surface area contributed by atoms with Gasteiger partial charge in [0.15, 0.2) is 0 Å². The van der Waals surface area contributed by atoms with Crippen molar-refractivity contribution in [2.75, 3.05) is 6.61 Å². The molecule has 0 amide bonds. The number of ether oxygens (including phenoxy) is 2. The number of aliphatic hydroxyl groups excluding tert-OH is 1. The highest BCUT2D eigenvalue weighted by molar-refractivity contribution is 5.89. The second-order valence-corrected chi connectivity index (χ2v) is 5.39. The molecule has 24 heavy (non-hydrogen) atoms. The van der Waals surface area contributed by atoms with Crippen LogP contribution in [0.1, 0.15) is 22.3 Å². The molecule has 0 aromatic heterocycles. The monoisotopic (exact) mass is 326 g/mol. The Balaban J connectivity index is 1.85. The zero-order valence-electron chi connectivity index (χ0n) is 13.5. The van der Waals surface area contributed by atoms with E-state index < -0.39 is 18.2 Å². The Kier molecular flexibility index (Phi) is 7.21. The molecule has 0 saturated carbocycles. The van der Waals surface area contributed by atoms with Gasteiger partial charge in [-0.05, 0) is 24.1 Å². The van der Waals surface area contributed by atoms with Crippen LogP contribution in [0.4, 0.5) is 0 Å². The third-order valence-electron chi connectivity index (χ3n) is 3.53. The number of carbonyl (C=O) groups is 1. The minimum Gasteiger partial charge on any atom is -0.459 e. The fourth-order valence-corrected chi connectivity index (χ4v) is 2.20. The Morgan fingerprint density at radius 1 is 1.08 bits per heavy atom. The molecule has 0 aliphatic heterocycles. The summed E-state index contributed by atoms with van der Waals surface area (Å²) in [5.41, 5.74) is 1.47. The summed E-state index contributed by atoms with van der Waals surface area (Å²) in [6.07, 6.45) is 0.750. The molecule has 4 nitrogen and oxygen atoms in total. The van der Waals surface area contributed by atoms with E-state index in [1.807, 2.05) is 36.4 Å². The molecule has 2 aromatic carbocycles. The number of hydrogen-bond acceptors (Lipinski definition) is 4. The third-order valence-corrected chi connectivity index (χ3v) is 3.53. The van der Waals surface area contributed by atoms with Crippen molar-refractivity contribution in [1.29, 1.82) is 0 Å².